The molecule has 1 aliphatic rings. The van der Waals surface area contributed by atoms with Gasteiger partial charge in [0.1, 0.15) is 0 Å². The molecule has 5 heteroatoms. The van der Waals surface area contributed by atoms with Crippen LogP contribution in [0.25, 0.3) is 0 Å². The van der Waals surface area contributed by atoms with Crippen molar-refractivity contribution in [1.29, 1.82) is 0 Å². The van der Waals surface area contributed by atoms with Gasteiger partial charge >= 0.3 is 0 Å². The Morgan fingerprint density at radius 1 is 1.37 bits per heavy atom. The molecule has 2 heterocycles. The first-order valence-corrected chi connectivity index (χ1v) is 7.66. The van der Waals surface area contributed by atoms with Crippen LogP contribution in [0.3, 0.4) is 0 Å². The number of rotatable bonds is 5. The van der Waals surface area contributed by atoms with Crippen LogP contribution in [0.4, 0.5) is 0 Å². The summed E-state index contributed by atoms with van der Waals surface area (Å²) in [7, 11) is 0. The SMILES string of the molecule is CCN(CC)C1CCN(Cc2ncc(Cl)cc2Cl)C1. The smallest absolute Gasteiger partial charge is 0.0730 e. The van der Waals surface area contributed by atoms with Gasteiger partial charge in [-0.05, 0) is 25.6 Å². The second kappa shape index (κ2) is 6.89. The molecule has 3 nitrogen and oxygen atoms in total. The predicted molar refractivity (Wildman–Crippen MR) is 80.9 cm³/mol. The summed E-state index contributed by atoms with van der Waals surface area (Å²) in [6.45, 7) is 9.72. The molecule has 1 aromatic rings. The van der Waals surface area contributed by atoms with Crippen LogP contribution in [0.2, 0.25) is 10.0 Å². The molecule has 1 aromatic heterocycles. The highest BCUT2D eigenvalue weighted by atomic mass is 35.5. The van der Waals surface area contributed by atoms with Gasteiger partial charge in [-0.25, -0.2) is 0 Å². The van der Waals surface area contributed by atoms with Crippen molar-refractivity contribution >= 4 is 23.2 Å². The molecular formula is C14H21Cl2N3. The predicted octanol–water partition coefficient (Wildman–Crippen LogP) is 3.30. The number of aromatic nitrogens is 1. The van der Waals surface area contributed by atoms with E-state index in [-0.39, 0.29) is 0 Å². The van der Waals surface area contributed by atoms with E-state index in [0.717, 1.165) is 38.4 Å². The lowest BCUT2D eigenvalue weighted by molar-refractivity contribution is 0.208. The molecule has 106 valence electrons. The van der Waals surface area contributed by atoms with Gasteiger partial charge in [0.05, 0.1) is 15.7 Å². The standard InChI is InChI=1S/C14H21Cl2N3/c1-3-19(4-2)12-5-6-18(9-12)10-14-13(16)7-11(15)8-17-14/h7-8,12H,3-6,9-10H2,1-2H3. The van der Waals surface area contributed by atoms with Crippen LogP contribution in [-0.2, 0) is 6.54 Å². The van der Waals surface area contributed by atoms with Crippen molar-refractivity contribution < 1.29 is 0 Å². The van der Waals surface area contributed by atoms with E-state index in [4.69, 9.17) is 23.2 Å². The average molecular weight is 302 g/mol. The van der Waals surface area contributed by atoms with Crippen LogP contribution < -0.4 is 0 Å². The summed E-state index contributed by atoms with van der Waals surface area (Å²) in [5, 5.41) is 1.26. The normalized spacial score (nSPS) is 20.4. The van der Waals surface area contributed by atoms with E-state index in [2.05, 4.69) is 28.6 Å². The second-order valence-corrected chi connectivity index (χ2v) is 5.82. The van der Waals surface area contributed by atoms with Gasteiger partial charge in [-0.2, -0.15) is 0 Å². The third-order valence-corrected chi connectivity index (χ3v) is 4.37. The Balaban J connectivity index is 1.94. The lowest BCUT2D eigenvalue weighted by Crippen LogP contribution is -2.37. The fraction of sp³-hybridized carbons (Fsp3) is 0.643. The molecule has 1 unspecified atom stereocenters. The highest BCUT2D eigenvalue weighted by molar-refractivity contribution is 6.34. The van der Waals surface area contributed by atoms with Crippen molar-refractivity contribution in [3.05, 3.63) is 28.0 Å². The van der Waals surface area contributed by atoms with Gasteiger partial charge in [0.15, 0.2) is 0 Å². The number of likely N-dealkylation sites (tertiary alicyclic amines) is 1. The molecule has 0 amide bonds. The first kappa shape index (κ1) is 15.0. The molecule has 0 spiro atoms. The molecule has 0 aliphatic carbocycles. The summed E-state index contributed by atoms with van der Waals surface area (Å²) < 4.78 is 0. The summed E-state index contributed by atoms with van der Waals surface area (Å²) in [6, 6.07) is 2.43. The van der Waals surface area contributed by atoms with Crippen LogP contribution in [0.5, 0.6) is 0 Å². The summed E-state index contributed by atoms with van der Waals surface area (Å²) >= 11 is 12.0. The van der Waals surface area contributed by atoms with Crippen LogP contribution >= 0.6 is 23.2 Å². The van der Waals surface area contributed by atoms with E-state index >= 15 is 0 Å². The minimum Gasteiger partial charge on any atom is -0.300 e. The van der Waals surface area contributed by atoms with Gasteiger partial charge in [0.2, 0.25) is 0 Å². The maximum Gasteiger partial charge on any atom is 0.0730 e. The van der Waals surface area contributed by atoms with Gasteiger partial charge in [-0.1, -0.05) is 37.0 Å². The zero-order chi connectivity index (χ0) is 13.8. The van der Waals surface area contributed by atoms with Crippen molar-refractivity contribution in [3.8, 4) is 0 Å². The molecule has 1 fully saturated rings. The summed E-state index contributed by atoms with van der Waals surface area (Å²) in [4.78, 5) is 9.28. The van der Waals surface area contributed by atoms with Gasteiger partial charge in [-0.3, -0.25) is 14.8 Å². The zero-order valence-electron chi connectivity index (χ0n) is 11.6. The molecule has 19 heavy (non-hydrogen) atoms. The summed E-state index contributed by atoms with van der Waals surface area (Å²) in [5.74, 6) is 0. The molecular weight excluding hydrogens is 281 g/mol. The van der Waals surface area contributed by atoms with Gasteiger partial charge in [0, 0.05) is 31.9 Å². The quantitative estimate of drug-likeness (QED) is 0.832. The fourth-order valence-electron chi connectivity index (χ4n) is 2.76. The molecule has 1 aliphatic heterocycles. The number of hydrogen-bond donors (Lipinski definition) is 0. The van der Waals surface area contributed by atoms with Crippen molar-refractivity contribution in [2.24, 2.45) is 0 Å². The maximum atomic E-state index is 6.18. The Bertz CT molecular complexity index is 421. The van der Waals surface area contributed by atoms with Crippen molar-refractivity contribution in [2.45, 2.75) is 32.9 Å². The van der Waals surface area contributed by atoms with Gasteiger partial charge < -0.3 is 0 Å². The number of pyridine rings is 1. The topological polar surface area (TPSA) is 19.4 Å². The average Bonchev–Trinajstić information content (AvgIpc) is 2.83. The minimum absolute atomic E-state index is 0.594. The lowest BCUT2D eigenvalue weighted by atomic mass is 10.2. The van der Waals surface area contributed by atoms with E-state index in [1.54, 1.807) is 12.3 Å². The summed E-state index contributed by atoms with van der Waals surface area (Å²) in [6.07, 6.45) is 2.90. The Kier molecular flexibility index (Phi) is 5.46. The Hall–Kier alpha value is -0.350. The van der Waals surface area contributed by atoms with Crippen LogP contribution in [-0.4, -0.2) is 47.0 Å². The van der Waals surface area contributed by atoms with E-state index < -0.39 is 0 Å². The first-order chi connectivity index (χ1) is 9.13. The van der Waals surface area contributed by atoms with Crippen molar-refractivity contribution in [2.75, 3.05) is 26.2 Å². The molecule has 0 radical (unpaired) electrons. The third-order valence-electron chi connectivity index (χ3n) is 3.83. The van der Waals surface area contributed by atoms with E-state index in [1.165, 1.54) is 6.42 Å². The van der Waals surface area contributed by atoms with Crippen molar-refractivity contribution in [1.82, 2.24) is 14.8 Å². The van der Waals surface area contributed by atoms with E-state index in [1.807, 2.05) is 0 Å². The van der Waals surface area contributed by atoms with Crippen LogP contribution in [0, 0.1) is 0 Å². The zero-order valence-corrected chi connectivity index (χ0v) is 13.1. The fourth-order valence-corrected chi connectivity index (χ4v) is 3.20. The molecule has 1 saturated heterocycles. The Labute approximate surface area is 125 Å². The van der Waals surface area contributed by atoms with Crippen molar-refractivity contribution in [3.63, 3.8) is 0 Å². The van der Waals surface area contributed by atoms with E-state index in [0.29, 0.717) is 16.1 Å². The third kappa shape index (κ3) is 3.82. The first-order valence-electron chi connectivity index (χ1n) is 6.90. The van der Waals surface area contributed by atoms with Gasteiger partial charge in [0.25, 0.3) is 0 Å². The maximum absolute atomic E-state index is 6.18. The van der Waals surface area contributed by atoms with Gasteiger partial charge in [-0.15, -0.1) is 0 Å². The molecule has 1 atom stereocenters. The number of halogens is 2. The van der Waals surface area contributed by atoms with Crippen LogP contribution in [0.15, 0.2) is 12.3 Å². The Morgan fingerprint density at radius 3 is 2.74 bits per heavy atom. The highest BCUT2D eigenvalue weighted by Crippen LogP contribution is 2.22. The number of hydrogen-bond acceptors (Lipinski definition) is 3. The second-order valence-electron chi connectivity index (χ2n) is 4.98. The molecule has 0 bridgehead atoms. The highest BCUT2D eigenvalue weighted by Gasteiger charge is 2.26. The molecule has 0 aromatic carbocycles. The largest absolute Gasteiger partial charge is 0.300 e. The number of likely N-dealkylation sites (N-methyl/N-ethyl adjacent to an activating group) is 1. The minimum atomic E-state index is 0.594. The van der Waals surface area contributed by atoms with E-state index in [9.17, 15) is 0 Å². The van der Waals surface area contributed by atoms with Crippen LogP contribution in [0.1, 0.15) is 26.0 Å². The lowest BCUT2D eigenvalue weighted by Gasteiger charge is -2.26. The summed E-state index contributed by atoms with van der Waals surface area (Å²) in [5.41, 5.74) is 0.922. The molecule has 2 rings (SSSR count). The molecule has 0 saturated carbocycles. The molecule has 0 N–H and O–H groups in total. The number of nitrogens with zero attached hydrogens (tertiary/aromatic N) is 3. The Morgan fingerprint density at radius 2 is 2.11 bits per heavy atom. The monoisotopic (exact) mass is 301 g/mol.